The highest BCUT2D eigenvalue weighted by Gasteiger charge is 2.26. The largest absolute Gasteiger partial charge is 0.234 e. The SMILES string of the molecule is CC1(c2cccc(C3NN3)c2)C=CC=CC1. The second-order valence-corrected chi connectivity index (χ2v) is 4.76. The van der Waals surface area contributed by atoms with Gasteiger partial charge in [-0.05, 0) is 17.5 Å². The van der Waals surface area contributed by atoms with Gasteiger partial charge in [0, 0.05) is 5.41 Å². The monoisotopic (exact) mass is 212 g/mol. The minimum atomic E-state index is 0.152. The van der Waals surface area contributed by atoms with E-state index in [9.17, 15) is 0 Å². The summed E-state index contributed by atoms with van der Waals surface area (Å²) in [6.45, 7) is 2.29. The number of allylic oxidation sites excluding steroid dienone is 4. The molecule has 1 aromatic rings. The predicted molar refractivity (Wildman–Crippen MR) is 65.7 cm³/mol. The van der Waals surface area contributed by atoms with Crippen LogP contribution in [0.25, 0.3) is 0 Å². The second kappa shape index (κ2) is 3.58. The van der Waals surface area contributed by atoms with E-state index >= 15 is 0 Å². The molecule has 0 spiro atoms. The van der Waals surface area contributed by atoms with Crippen LogP contribution in [0.3, 0.4) is 0 Å². The first kappa shape index (κ1) is 9.82. The fourth-order valence-corrected chi connectivity index (χ4v) is 2.22. The minimum Gasteiger partial charge on any atom is -0.234 e. The van der Waals surface area contributed by atoms with Gasteiger partial charge in [-0.1, -0.05) is 55.5 Å². The summed E-state index contributed by atoms with van der Waals surface area (Å²) in [5, 5.41) is 0. The van der Waals surface area contributed by atoms with Crippen molar-refractivity contribution in [3.05, 3.63) is 59.7 Å². The first-order valence-electron chi connectivity index (χ1n) is 5.74. The van der Waals surface area contributed by atoms with Crippen LogP contribution in [0.5, 0.6) is 0 Å². The van der Waals surface area contributed by atoms with Crippen molar-refractivity contribution in [3.8, 4) is 0 Å². The van der Waals surface area contributed by atoms with E-state index < -0.39 is 0 Å². The molecule has 0 amide bonds. The summed E-state index contributed by atoms with van der Waals surface area (Å²) in [5.41, 5.74) is 9.09. The van der Waals surface area contributed by atoms with Crippen molar-refractivity contribution in [1.29, 1.82) is 0 Å². The highest BCUT2D eigenvalue weighted by Crippen LogP contribution is 2.33. The fraction of sp³-hybridized carbons (Fsp3) is 0.286. The molecule has 0 saturated carbocycles. The van der Waals surface area contributed by atoms with E-state index in [1.54, 1.807) is 0 Å². The summed E-state index contributed by atoms with van der Waals surface area (Å²) in [6.07, 6.45) is 10.2. The number of hydrazine groups is 1. The number of hydrogen-bond donors (Lipinski definition) is 2. The van der Waals surface area contributed by atoms with Crippen molar-refractivity contribution in [2.24, 2.45) is 0 Å². The molecule has 2 heteroatoms. The molecule has 1 saturated heterocycles. The minimum absolute atomic E-state index is 0.152. The normalized spacial score (nSPS) is 28.3. The van der Waals surface area contributed by atoms with Gasteiger partial charge in [-0.2, -0.15) is 0 Å². The average Bonchev–Trinajstić information content (AvgIpc) is 3.14. The number of nitrogens with one attached hydrogen (secondary N) is 2. The summed E-state index contributed by atoms with van der Waals surface area (Å²) < 4.78 is 0. The Morgan fingerprint density at radius 3 is 2.81 bits per heavy atom. The van der Waals surface area contributed by atoms with Crippen LogP contribution in [0.15, 0.2) is 48.6 Å². The molecule has 0 radical (unpaired) electrons. The van der Waals surface area contributed by atoms with E-state index in [1.165, 1.54) is 11.1 Å². The lowest BCUT2D eigenvalue weighted by Crippen LogP contribution is -2.19. The number of hydrogen-bond acceptors (Lipinski definition) is 2. The van der Waals surface area contributed by atoms with Gasteiger partial charge in [0.15, 0.2) is 0 Å². The molecule has 1 unspecified atom stereocenters. The van der Waals surface area contributed by atoms with Crippen LogP contribution in [0.4, 0.5) is 0 Å². The number of rotatable bonds is 2. The molecule has 2 nitrogen and oxygen atoms in total. The molecule has 1 fully saturated rings. The Morgan fingerprint density at radius 2 is 2.12 bits per heavy atom. The Bertz CT molecular complexity index is 458. The lowest BCUT2D eigenvalue weighted by atomic mass is 9.77. The first-order valence-corrected chi connectivity index (χ1v) is 5.74. The van der Waals surface area contributed by atoms with Crippen molar-refractivity contribution in [1.82, 2.24) is 10.9 Å². The summed E-state index contributed by atoms with van der Waals surface area (Å²) in [4.78, 5) is 0. The molecule has 1 aliphatic carbocycles. The summed E-state index contributed by atoms with van der Waals surface area (Å²) in [6, 6.07) is 8.81. The van der Waals surface area contributed by atoms with Crippen molar-refractivity contribution in [2.45, 2.75) is 24.9 Å². The van der Waals surface area contributed by atoms with Crippen LogP contribution in [-0.2, 0) is 5.41 Å². The van der Waals surface area contributed by atoms with Gasteiger partial charge in [-0.25, -0.2) is 10.9 Å². The smallest absolute Gasteiger partial charge is 0.109 e. The molecular formula is C14H16N2. The van der Waals surface area contributed by atoms with Crippen LogP contribution in [0.1, 0.15) is 30.6 Å². The Balaban J connectivity index is 1.96. The van der Waals surface area contributed by atoms with E-state index in [1.807, 2.05) is 0 Å². The number of benzene rings is 1. The molecule has 1 aromatic carbocycles. The van der Waals surface area contributed by atoms with Gasteiger partial charge in [-0.3, -0.25) is 0 Å². The van der Waals surface area contributed by atoms with Crippen LogP contribution < -0.4 is 10.9 Å². The summed E-state index contributed by atoms with van der Waals surface area (Å²) in [5.74, 6) is 0. The molecule has 16 heavy (non-hydrogen) atoms. The van der Waals surface area contributed by atoms with E-state index in [0.717, 1.165) is 6.42 Å². The van der Waals surface area contributed by atoms with Crippen molar-refractivity contribution >= 4 is 0 Å². The molecular weight excluding hydrogens is 196 g/mol. The standard InChI is InChI=1S/C14H16N2/c1-14(8-3-2-4-9-14)12-7-5-6-11(10-12)13-15-16-13/h2-8,10,13,15-16H,9H2,1H3. The highest BCUT2D eigenvalue weighted by molar-refractivity contribution is 5.38. The van der Waals surface area contributed by atoms with E-state index in [-0.39, 0.29) is 5.41 Å². The predicted octanol–water partition coefficient (Wildman–Crippen LogP) is 2.57. The third-order valence-electron chi connectivity index (χ3n) is 3.42. The summed E-state index contributed by atoms with van der Waals surface area (Å²) >= 11 is 0. The zero-order valence-electron chi connectivity index (χ0n) is 9.40. The fourth-order valence-electron chi connectivity index (χ4n) is 2.22. The van der Waals surface area contributed by atoms with E-state index in [2.05, 4.69) is 66.3 Å². The molecule has 82 valence electrons. The zero-order valence-corrected chi connectivity index (χ0v) is 9.40. The average molecular weight is 212 g/mol. The lowest BCUT2D eigenvalue weighted by Gasteiger charge is -2.27. The molecule has 1 atom stereocenters. The summed E-state index contributed by atoms with van der Waals surface area (Å²) in [7, 11) is 0. The third-order valence-corrected chi connectivity index (χ3v) is 3.42. The van der Waals surface area contributed by atoms with Crippen molar-refractivity contribution in [3.63, 3.8) is 0 Å². The van der Waals surface area contributed by atoms with Crippen LogP contribution >= 0.6 is 0 Å². The molecule has 1 heterocycles. The lowest BCUT2D eigenvalue weighted by molar-refractivity contribution is 0.599. The van der Waals surface area contributed by atoms with Crippen LogP contribution in [0, 0.1) is 0 Å². The van der Waals surface area contributed by atoms with Gasteiger partial charge < -0.3 is 0 Å². The Morgan fingerprint density at radius 1 is 1.25 bits per heavy atom. The molecule has 0 aromatic heterocycles. The molecule has 3 rings (SSSR count). The second-order valence-electron chi connectivity index (χ2n) is 4.76. The highest BCUT2D eigenvalue weighted by atomic mass is 15.6. The Labute approximate surface area is 96.0 Å². The maximum Gasteiger partial charge on any atom is 0.109 e. The molecule has 1 aliphatic heterocycles. The van der Waals surface area contributed by atoms with E-state index in [4.69, 9.17) is 0 Å². The molecule has 2 N–H and O–H groups in total. The van der Waals surface area contributed by atoms with Crippen LogP contribution in [0.2, 0.25) is 0 Å². The van der Waals surface area contributed by atoms with Gasteiger partial charge in [0.1, 0.15) is 6.17 Å². The van der Waals surface area contributed by atoms with Crippen molar-refractivity contribution in [2.75, 3.05) is 0 Å². The maximum absolute atomic E-state index is 3.11. The maximum atomic E-state index is 3.11. The molecule has 2 aliphatic rings. The van der Waals surface area contributed by atoms with Crippen LogP contribution in [-0.4, -0.2) is 0 Å². The van der Waals surface area contributed by atoms with Crippen molar-refractivity contribution < 1.29 is 0 Å². The first-order chi connectivity index (χ1) is 7.78. The van der Waals surface area contributed by atoms with Gasteiger partial charge in [0.25, 0.3) is 0 Å². The topological polar surface area (TPSA) is 43.9 Å². The quantitative estimate of drug-likeness (QED) is 0.740. The zero-order chi connectivity index (χ0) is 11.0. The molecule has 0 bridgehead atoms. The van der Waals surface area contributed by atoms with Gasteiger partial charge in [0.05, 0.1) is 0 Å². The van der Waals surface area contributed by atoms with Gasteiger partial charge in [-0.15, -0.1) is 0 Å². The Kier molecular flexibility index (Phi) is 2.20. The third kappa shape index (κ3) is 1.70. The van der Waals surface area contributed by atoms with Gasteiger partial charge >= 0.3 is 0 Å². The Hall–Kier alpha value is -1.38. The van der Waals surface area contributed by atoms with E-state index in [0.29, 0.717) is 6.17 Å². The van der Waals surface area contributed by atoms with Gasteiger partial charge in [0.2, 0.25) is 0 Å².